The number of H-pyrrole nitrogens is 1. The Morgan fingerprint density at radius 1 is 1.43 bits per heavy atom. The van der Waals surface area contributed by atoms with Crippen LogP contribution in [0, 0.1) is 0 Å². The van der Waals surface area contributed by atoms with E-state index in [0.29, 0.717) is 12.1 Å². The van der Waals surface area contributed by atoms with Gasteiger partial charge in [-0.15, -0.1) is 0 Å². The Morgan fingerprint density at radius 2 is 2.19 bits per heavy atom. The Hall–Kier alpha value is -1.62. The van der Waals surface area contributed by atoms with Gasteiger partial charge in [0.05, 0.1) is 0 Å². The summed E-state index contributed by atoms with van der Waals surface area (Å²) in [6, 6.07) is 3.42. The normalized spacial score (nSPS) is 19.0. The zero-order valence-corrected chi connectivity index (χ0v) is 12.9. The largest absolute Gasteiger partial charge is 0.336 e. The second-order valence-corrected chi connectivity index (χ2v) is 6.07. The van der Waals surface area contributed by atoms with Crippen LogP contribution in [0.25, 0.3) is 0 Å². The maximum Gasteiger partial charge on any atom is 0.254 e. The molecule has 1 aliphatic heterocycles. The molecule has 5 heteroatoms. The first-order valence-corrected chi connectivity index (χ1v) is 7.78. The van der Waals surface area contributed by atoms with E-state index in [4.69, 9.17) is 5.73 Å². The topological polar surface area (TPSA) is 79.2 Å². The monoisotopic (exact) mass is 291 g/mol. The van der Waals surface area contributed by atoms with Crippen LogP contribution in [0.2, 0.25) is 0 Å². The number of aromatic nitrogens is 1. The molecule has 5 nitrogen and oxygen atoms in total. The van der Waals surface area contributed by atoms with Gasteiger partial charge in [-0.3, -0.25) is 9.59 Å². The minimum absolute atomic E-state index is 0.0406. The van der Waals surface area contributed by atoms with Crippen LogP contribution in [0.4, 0.5) is 0 Å². The summed E-state index contributed by atoms with van der Waals surface area (Å²) in [5.74, 6) is 0.146. The van der Waals surface area contributed by atoms with Crippen LogP contribution in [-0.4, -0.2) is 34.9 Å². The molecule has 1 aromatic rings. The summed E-state index contributed by atoms with van der Waals surface area (Å²) in [7, 11) is 0. The van der Waals surface area contributed by atoms with Crippen molar-refractivity contribution in [2.24, 2.45) is 5.73 Å². The lowest BCUT2D eigenvalue weighted by Crippen LogP contribution is -2.44. The van der Waals surface area contributed by atoms with Gasteiger partial charge in [-0.2, -0.15) is 0 Å². The molecule has 3 N–H and O–H groups in total. The number of likely N-dealkylation sites (tertiary alicyclic amines) is 1. The van der Waals surface area contributed by atoms with Crippen molar-refractivity contribution < 1.29 is 4.79 Å². The Kier molecular flexibility index (Phi) is 5.17. The summed E-state index contributed by atoms with van der Waals surface area (Å²) in [6.07, 6.45) is 3.99. The molecule has 0 radical (unpaired) electrons. The number of nitrogens with zero attached hydrogens (tertiary/aromatic N) is 1. The molecule has 0 aromatic carbocycles. The maximum absolute atomic E-state index is 12.7. The molecular weight excluding hydrogens is 266 g/mol. The van der Waals surface area contributed by atoms with Crippen LogP contribution in [0.15, 0.2) is 16.9 Å². The number of nitrogens with one attached hydrogen (secondary N) is 1. The van der Waals surface area contributed by atoms with Gasteiger partial charge in [0.25, 0.3) is 5.91 Å². The van der Waals surface area contributed by atoms with Crippen molar-refractivity contribution in [3.05, 3.63) is 33.7 Å². The van der Waals surface area contributed by atoms with Crippen molar-refractivity contribution in [2.45, 2.75) is 51.5 Å². The SMILES string of the molecule is CC(C)c1cc(C(=O)N2CCCCC2CCN)cc(=O)[nH]1. The van der Waals surface area contributed by atoms with E-state index < -0.39 is 0 Å². The number of pyridine rings is 1. The van der Waals surface area contributed by atoms with Crippen LogP contribution in [0.5, 0.6) is 0 Å². The molecule has 1 amide bonds. The third-order valence-electron chi connectivity index (χ3n) is 4.12. The van der Waals surface area contributed by atoms with Crippen molar-refractivity contribution in [1.29, 1.82) is 0 Å². The van der Waals surface area contributed by atoms with Crippen LogP contribution in [-0.2, 0) is 0 Å². The second kappa shape index (κ2) is 6.89. The summed E-state index contributed by atoms with van der Waals surface area (Å²) < 4.78 is 0. The van der Waals surface area contributed by atoms with E-state index in [2.05, 4.69) is 4.98 Å². The first kappa shape index (κ1) is 15.8. The molecule has 0 saturated carbocycles. The van der Waals surface area contributed by atoms with Crippen LogP contribution in [0.3, 0.4) is 0 Å². The molecule has 116 valence electrons. The molecule has 1 fully saturated rings. The first-order valence-electron chi connectivity index (χ1n) is 7.78. The molecule has 1 aliphatic rings. The van der Waals surface area contributed by atoms with Crippen molar-refractivity contribution in [3.8, 4) is 0 Å². The zero-order valence-electron chi connectivity index (χ0n) is 12.9. The molecule has 2 rings (SSSR count). The van der Waals surface area contributed by atoms with Crippen molar-refractivity contribution in [3.63, 3.8) is 0 Å². The number of nitrogens with two attached hydrogens (primary N) is 1. The van der Waals surface area contributed by atoms with Gasteiger partial charge < -0.3 is 15.6 Å². The smallest absolute Gasteiger partial charge is 0.254 e. The van der Waals surface area contributed by atoms with E-state index in [-0.39, 0.29) is 23.4 Å². The van der Waals surface area contributed by atoms with Gasteiger partial charge in [0.1, 0.15) is 0 Å². The average molecular weight is 291 g/mol. The summed E-state index contributed by atoms with van der Waals surface area (Å²) in [4.78, 5) is 29.2. The highest BCUT2D eigenvalue weighted by Crippen LogP contribution is 2.22. The van der Waals surface area contributed by atoms with Gasteiger partial charge in [-0.05, 0) is 44.2 Å². The summed E-state index contributed by atoms with van der Waals surface area (Å²) in [6.45, 7) is 5.34. The molecule has 2 heterocycles. The Balaban J connectivity index is 2.27. The van der Waals surface area contributed by atoms with Crippen LogP contribution < -0.4 is 11.3 Å². The van der Waals surface area contributed by atoms with E-state index in [9.17, 15) is 9.59 Å². The van der Waals surface area contributed by atoms with Crippen molar-refractivity contribution in [1.82, 2.24) is 9.88 Å². The number of rotatable bonds is 4. The fraction of sp³-hybridized carbons (Fsp3) is 0.625. The number of carbonyl (C=O) groups excluding carboxylic acids is 1. The molecule has 0 spiro atoms. The second-order valence-electron chi connectivity index (χ2n) is 6.07. The zero-order chi connectivity index (χ0) is 15.4. The quantitative estimate of drug-likeness (QED) is 0.888. The molecule has 21 heavy (non-hydrogen) atoms. The lowest BCUT2D eigenvalue weighted by Gasteiger charge is -2.35. The van der Waals surface area contributed by atoms with E-state index in [1.807, 2.05) is 24.8 Å². The van der Waals surface area contributed by atoms with Gasteiger partial charge in [-0.1, -0.05) is 13.8 Å². The fourth-order valence-corrected chi connectivity index (χ4v) is 2.93. The minimum Gasteiger partial charge on any atom is -0.336 e. The number of hydrogen-bond acceptors (Lipinski definition) is 3. The molecule has 1 unspecified atom stereocenters. The third kappa shape index (κ3) is 3.73. The van der Waals surface area contributed by atoms with Gasteiger partial charge in [0.2, 0.25) is 5.56 Å². The highest BCUT2D eigenvalue weighted by atomic mass is 16.2. The Labute approximate surface area is 125 Å². The molecule has 1 saturated heterocycles. The van der Waals surface area contributed by atoms with Gasteiger partial charge in [0, 0.05) is 29.9 Å². The van der Waals surface area contributed by atoms with Crippen molar-refractivity contribution >= 4 is 5.91 Å². The number of amides is 1. The highest BCUT2D eigenvalue weighted by molar-refractivity contribution is 5.94. The Morgan fingerprint density at radius 3 is 2.86 bits per heavy atom. The summed E-state index contributed by atoms with van der Waals surface area (Å²) >= 11 is 0. The van der Waals surface area contributed by atoms with E-state index in [1.165, 1.54) is 6.07 Å². The molecule has 1 aromatic heterocycles. The molecule has 1 atom stereocenters. The fourth-order valence-electron chi connectivity index (χ4n) is 2.93. The number of aromatic amines is 1. The lowest BCUT2D eigenvalue weighted by atomic mass is 9.98. The molecule has 0 bridgehead atoms. The third-order valence-corrected chi connectivity index (χ3v) is 4.12. The average Bonchev–Trinajstić information content (AvgIpc) is 2.47. The lowest BCUT2D eigenvalue weighted by molar-refractivity contribution is 0.0604. The number of carbonyl (C=O) groups is 1. The minimum atomic E-state index is -0.211. The first-order chi connectivity index (χ1) is 10.0. The highest BCUT2D eigenvalue weighted by Gasteiger charge is 2.27. The number of hydrogen-bond donors (Lipinski definition) is 2. The standard InChI is InChI=1S/C16H25N3O2/c1-11(2)14-9-12(10-15(20)18-14)16(21)19-8-4-3-5-13(19)6-7-17/h9-11,13H,3-8,17H2,1-2H3,(H,18,20). The van der Waals surface area contributed by atoms with Gasteiger partial charge in [0.15, 0.2) is 0 Å². The predicted molar refractivity (Wildman–Crippen MR) is 83.5 cm³/mol. The van der Waals surface area contributed by atoms with Crippen LogP contribution >= 0.6 is 0 Å². The van der Waals surface area contributed by atoms with E-state index in [1.54, 1.807) is 0 Å². The van der Waals surface area contributed by atoms with Crippen molar-refractivity contribution in [2.75, 3.05) is 13.1 Å². The molecular formula is C16H25N3O2. The molecule has 0 aliphatic carbocycles. The van der Waals surface area contributed by atoms with E-state index >= 15 is 0 Å². The maximum atomic E-state index is 12.7. The Bertz CT molecular complexity index is 549. The van der Waals surface area contributed by atoms with Gasteiger partial charge in [-0.25, -0.2) is 0 Å². The summed E-state index contributed by atoms with van der Waals surface area (Å²) in [5, 5.41) is 0. The van der Waals surface area contributed by atoms with E-state index in [0.717, 1.165) is 37.9 Å². The number of piperidine rings is 1. The predicted octanol–water partition coefficient (Wildman–Crippen LogP) is 1.84. The summed E-state index contributed by atoms with van der Waals surface area (Å²) in [5.41, 5.74) is 6.74. The van der Waals surface area contributed by atoms with Gasteiger partial charge >= 0.3 is 0 Å². The van der Waals surface area contributed by atoms with Crippen LogP contribution in [0.1, 0.15) is 61.5 Å².